The maximum atomic E-state index is 2.53. The van der Waals surface area contributed by atoms with Crippen LogP contribution in [0.15, 0.2) is 200 Å². The molecular formula is C51H35NS. The number of anilines is 2. The zero-order valence-corrected chi connectivity index (χ0v) is 29.9. The van der Waals surface area contributed by atoms with Gasteiger partial charge < -0.3 is 4.90 Å². The quantitative estimate of drug-likeness (QED) is 0.150. The highest BCUT2D eigenvalue weighted by Gasteiger charge is 2.21. The number of hydrogen-bond acceptors (Lipinski definition) is 2. The van der Waals surface area contributed by atoms with Crippen molar-refractivity contribution in [2.45, 2.75) is 6.54 Å². The largest absolute Gasteiger partial charge is 0.336 e. The van der Waals surface area contributed by atoms with Gasteiger partial charge >= 0.3 is 0 Å². The molecule has 10 aromatic rings. The number of benzene rings is 9. The van der Waals surface area contributed by atoms with E-state index in [1.807, 2.05) is 11.3 Å². The van der Waals surface area contributed by atoms with Crippen molar-refractivity contribution in [3.63, 3.8) is 0 Å². The van der Waals surface area contributed by atoms with Crippen molar-refractivity contribution >= 4 is 64.4 Å². The Kier molecular flexibility index (Phi) is 7.82. The fraction of sp³-hybridized carbons (Fsp3) is 0.0196. The van der Waals surface area contributed by atoms with E-state index in [1.54, 1.807) is 0 Å². The minimum Gasteiger partial charge on any atom is -0.336 e. The molecule has 0 amide bonds. The lowest BCUT2D eigenvalue weighted by atomic mass is 9.92. The number of rotatable bonds is 7. The molecule has 0 radical (unpaired) electrons. The predicted molar refractivity (Wildman–Crippen MR) is 229 cm³/mol. The third-order valence-corrected chi connectivity index (χ3v) is 11.7. The second kappa shape index (κ2) is 13.2. The molecule has 0 bridgehead atoms. The first-order valence-electron chi connectivity index (χ1n) is 18.2. The highest BCUT2D eigenvalue weighted by atomic mass is 32.1. The first kappa shape index (κ1) is 31.3. The Balaban J connectivity index is 1.19. The molecule has 2 heteroatoms. The zero-order valence-electron chi connectivity index (χ0n) is 29.1. The lowest BCUT2D eigenvalue weighted by Crippen LogP contribution is -2.17. The third kappa shape index (κ3) is 5.65. The summed E-state index contributed by atoms with van der Waals surface area (Å²) in [6, 6.07) is 73.2. The van der Waals surface area contributed by atoms with Crippen LogP contribution in [0.5, 0.6) is 0 Å². The number of hydrogen-bond donors (Lipinski definition) is 0. The van der Waals surface area contributed by atoms with Gasteiger partial charge in [-0.15, -0.1) is 11.3 Å². The van der Waals surface area contributed by atoms with E-state index in [0.29, 0.717) is 6.54 Å². The smallest absolute Gasteiger partial charge is 0.0500 e. The fourth-order valence-electron chi connectivity index (χ4n) is 7.99. The summed E-state index contributed by atoms with van der Waals surface area (Å²) in [5, 5.41) is 7.67. The van der Waals surface area contributed by atoms with E-state index in [4.69, 9.17) is 0 Å². The predicted octanol–water partition coefficient (Wildman–Crippen LogP) is 14.7. The van der Waals surface area contributed by atoms with Crippen molar-refractivity contribution < 1.29 is 0 Å². The van der Waals surface area contributed by atoms with Crippen LogP contribution in [0.2, 0.25) is 0 Å². The summed E-state index contributed by atoms with van der Waals surface area (Å²) in [7, 11) is 0. The molecule has 1 aromatic heterocycles. The summed E-state index contributed by atoms with van der Waals surface area (Å²) >= 11 is 1.88. The highest BCUT2D eigenvalue weighted by molar-refractivity contribution is 7.25. The molecule has 0 saturated carbocycles. The Morgan fingerprint density at radius 2 is 0.906 bits per heavy atom. The summed E-state index contributed by atoms with van der Waals surface area (Å²) < 4.78 is 2.63. The summed E-state index contributed by atoms with van der Waals surface area (Å²) in [6.07, 6.45) is 0. The van der Waals surface area contributed by atoms with Gasteiger partial charge in [0.1, 0.15) is 0 Å². The van der Waals surface area contributed by atoms with Gasteiger partial charge in [0.05, 0.1) is 0 Å². The molecule has 10 rings (SSSR count). The van der Waals surface area contributed by atoms with E-state index in [1.165, 1.54) is 86.3 Å². The Labute approximate surface area is 313 Å². The Morgan fingerprint density at radius 1 is 0.377 bits per heavy atom. The highest BCUT2D eigenvalue weighted by Crippen LogP contribution is 2.45. The molecule has 0 unspecified atom stereocenters. The van der Waals surface area contributed by atoms with Gasteiger partial charge in [-0.05, 0) is 85.4 Å². The first-order valence-corrected chi connectivity index (χ1v) is 19.0. The molecule has 53 heavy (non-hydrogen) atoms. The normalized spacial score (nSPS) is 11.5. The maximum absolute atomic E-state index is 2.53. The van der Waals surface area contributed by atoms with Crippen molar-refractivity contribution in [2.24, 2.45) is 0 Å². The van der Waals surface area contributed by atoms with E-state index in [0.717, 1.165) is 5.69 Å². The monoisotopic (exact) mass is 693 g/mol. The molecule has 0 atom stereocenters. The van der Waals surface area contributed by atoms with Gasteiger partial charge in [-0.1, -0.05) is 170 Å². The van der Waals surface area contributed by atoms with E-state index >= 15 is 0 Å². The molecule has 9 aromatic carbocycles. The molecule has 250 valence electrons. The molecule has 1 nitrogen and oxygen atoms in total. The first-order chi connectivity index (χ1) is 26.3. The van der Waals surface area contributed by atoms with Gasteiger partial charge in [0.15, 0.2) is 0 Å². The second-order valence-corrected chi connectivity index (χ2v) is 14.8. The molecule has 0 aliphatic heterocycles. The van der Waals surface area contributed by atoms with E-state index in [-0.39, 0.29) is 0 Å². The number of thiophene rings is 1. The Bertz CT molecular complexity index is 2890. The molecule has 1 heterocycles. The SMILES string of the molecule is c1ccc(-c2ccc(-c3c(CN(c4ccc(-c5ccccc5)cc4)c4cc5ccccc5c5ccccc45)ccc4sc5ccccc5c34)cc2)cc1. The standard InChI is InChI=1S/C51H35NS/c1-3-13-35(14-4-1)37-23-25-39(26-24-37)50-41(29-32-49-51(50)46-21-11-12-22-48(46)53-49)34-52(42-30-27-38(28-31-42)36-15-5-2-6-16-36)47-33-40-17-7-8-18-43(40)44-19-9-10-20-45(44)47/h1-33H,34H2. The number of fused-ring (bicyclic) bond motifs is 6. The van der Waals surface area contributed by atoms with Crippen molar-refractivity contribution in [3.05, 3.63) is 206 Å². The Morgan fingerprint density at radius 3 is 1.60 bits per heavy atom. The van der Waals surface area contributed by atoms with Gasteiger partial charge in [-0.2, -0.15) is 0 Å². The van der Waals surface area contributed by atoms with Crippen LogP contribution in [0.1, 0.15) is 5.56 Å². The van der Waals surface area contributed by atoms with Crippen LogP contribution in [0.25, 0.3) is 75.1 Å². The minimum absolute atomic E-state index is 0.697. The van der Waals surface area contributed by atoms with Crippen LogP contribution in [-0.2, 0) is 6.54 Å². The topological polar surface area (TPSA) is 3.24 Å². The Hall–Kier alpha value is -6.48. The van der Waals surface area contributed by atoms with Gasteiger partial charge in [0, 0.05) is 43.5 Å². The van der Waals surface area contributed by atoms with Crippen molar-refractivity contribution in [2.75, 3.05) is 4.90 Å². The summed E-state index contributed by atoms with van der Waals surface area (Å²) in [5.74, 6) is 0. The van der Waals surface area contributed by atoms with Crippen molar-refractivity contribution in [1.82, 2.24) is 0 Å². The van der Waals surface area contributed by atoms with Crippen LogP contribution in [0, 0.1) is 0 Å². The molecular weight excluding hydrogens is 659 g/mol. The van der Waals surface area contributed by atoms with E-state index < -0.39 is 0 Å². The lowest BCUT2D eigenvalue weighted by molar-refractivity contribution is 0.986. The third-order valence-electron chi connectivity index (χ3n) is 10.6. The van der Waals surface area contributed by atoms with Gasteiger partial charge in [0.2, 0.25) is 0 Å². The van der Waals surface area contributed by atoms with Crippen LogP contribution in [0.3, 0.4) is 0 Å². The van der Waals surface area contributed by atoms with Crippen LogP contribution >= 0.6 is 11.3 Å². The molecule has 0 aliphatic rings. The average molecular weight is 694 g/mol. The van der Waals surface area contributed by atoms with Crippen molar-refractivity contribution in [3.8, 4) is 33.4 Å². The molecule has 0 fully saturated rings. The van der Waals surface area contributed by atoms with E-state index in [9.17, 15) is 0 Å². The lowest BCUT2D eigenvalue weighted by Gasteiger charge is -2.29. The van der Waals surface area contributed by atoms with Crippen LogP contribution < -0.4 is 4.90 Å². The van der Waals surface area contributed by atoms with Crippen LogP contribution in [-0.4, -0.2) is 0 Å². The maximum Gasteiger partial charge on any atom is 0.0500 e. The van der Waals surface area contributed by atoms with Gasteiger partial charge in [-0.3, -0.25) is 0 Å². The molecule has 0 N–H and O–H groups in total. The van der Waals surface area contributed by atoms with Gasteiger partial charge in [0.25, 0.3) is 0 Å². The van der Waals surface area contributed by atoms with Gasteiger partial charge in [-0.25, -0.2) is 0 Å². The summed E-state index contributed by atoms with van der Waals surface area (Å²) in [6.45, 7) is 0.697. The molecule has 0 spiro atoms. The number of nitrogens with zero attached hydrogens (tertiary/aromatic N) is 1. The molecule has 0 aliphatic carbocycles. The summed E-state index contributed by atoms with van der Waals surface area (Å²) in [5.41, 5.74) is 11.1. The average Bonchev–Trinajstić information content (AvgIpc) is 3.62. The fourth-order valence-corrected chi connectivity index (χ4v) is 9.10. The zero-order chi connectivity index (χ0) is 35.1. The second-order valence-electron chi connectivity index (χ2n) is 13.7. The summed E-state index contributed by atoms with van der Waals surface area (Å²) in [4.78, 5) is 2.53. The van der Waals surface area contributed by atoms with E-state index in [2.05, 4.69) is 205 Å². The van der Waals surface area contributed by atoms with Crippen molar-refractivity contribution in [1.29, 1.82) is 0 Å². The minimum atomic E-state index is 0.697. The van der Waals surface area contributed by atoms with Crippen LogP contribution in [0.4, 0.5) is 11.4 Å². The molecule has 0 saturated heterocycles.